The van der Waals surface area contributed by atoms with Crippen LogP contribution in [-0.2, 0) is 56.0 Å². The van der Waals surface area contributed by atoms with Crippen molar-refractivity contribution < 1.29 is 68.7 Å². The van der Waals surface area contributed by atoms with Crippen molar-refractivity contribution in [1.82, 2.24) is 31.9 Å². The summed E-state index contributed by atoms with van der Waals surface area (Å²) in [6, 6.07) is -0.196. The molecule has 390 valence electrons. The molecule has 71 heavy (non-hydrogen) atoms. The van der Waals surface area contributed by atoms with E-state index >= 15 is 0 Å². The van der Waals surface area contributed by atoms with E-state index in [1.54, 1.807) is 13.8 Å². The fraction of sp³-hybridized carbons (Fsp3) is 0.477. The Morgan fingerprint density at radius 3 is 1.25 bits per heavy atom. The Morgan fingerprint density at radius 2 is 0.845 bits per heavy atom. The first-order valence-electron chi connectivity index (χ1n) is 22.3. The van der Waals surface area contributed by atoms with Gasteiger partial charge in [-0.2, -0.15) is 0 Å². The average molecular weight is 1000 g/mol. The third-order valence-electron chi connectivity index (χ3n) is 10.2. The molecule has 0 spiro atoms. The molecule has 2 rings (SSSR count). The number of hydrogen-bond acceptors (Lipinski definition) is 14. The molecule has 2 aromatic rings. The third kappa shape index (κ3) is 23.1. The maximum absolute atomic E-state index is 14.4. The molecule has 0 aliphatic heterocycles. The summed E-state index contributed by atoms with van der Waals surface area (Å²) in [4.78, 5) is 126. The highest BCUT2D eigenvalue weighted by molar-refractivity contribution is 5.98. The largest absolute Gasteiger partial charge is 0.508 e. The second-order valence-corrected chi connectivity index (χ2v) is 16.8. The Kier molecular flexibility index (Phi) is 24.6. The first kappa shape index (κ1) is 58.9. The number of hydrogen-bond donors (Lipinski definition) is 16. The van der Waals surface area contributed by atoms with E-state index in [0.29, 0.717) is 11.1 Å². The first-order chi connectivity index (χ1) is 33.3. The molecule has 0 aliphatic carbocycles. The number of aliphatic imine (C=N–C) groups is 2. The van der Waals surface area contributed by atoms with E-state index in [9.17, 15) is 63.6 Å². The number of guanidine groups is 2. The lowest BCUT2D eigenvalue weighted by molar-refractivity contribution is -0.143. The van der Waals surface area contributed by atoms with Crippen LogP contribution >= 0.6 is 0 Å². The third-order valence-corrected chi connectivity index (χ3v) is 10.2. The smallest absolute Gasteiger partial charge is 0.326 e. The van der Waals surface area contributed by atoms with Crippen molar-refractivity contribution >= 4 is 65.3 Å². The topological polar surface area (TPSA) is 482 Å². The van der Waals surface area contributed by atoms with Crippen LogP contribution in [0.2, 0.25) is 0 Å². The molecule has 6 amide bonds. The molecule has 2 aromatic carbocycles. The summed E-state index contributed by atoms with van der Waals surface area (Å²) < 4.78 is 0. The van der Waals surface area contributed by atoms with Crippen molar-refractivity contribution in [3.8, 4) is 11.5 Å². The van der Waals surface area contributed by atoms with Crippen molar-refractivity contribution in [2.45, 2.75) is 114 Å². The van der Waals surface area contributed by atoms with E-state index in [2.05, 4.69) is 41.9 Å². The number of benzene rings is 2. The number of rotatable bonds is 31. The van der Waals surface area contributed by atoms with Crippen molar-refractivity contribution in [2.75, 3.05) is 13.1 Å². The molecular weight excluding hydrogens is 935 g/mol. The molecule has 7 atom stereocenters. The van der Waals surface area contributed by atoms with E-state index in [0.717, 1.165) is 0 Å². The van der Waals surface area contributed by atoms with Crippen LogP contribution in [0.5, 0.6) is 11.5 Å². The van der Waals surface area contributed by atoms with Crippen molar-refractivity contribution in [3.63, 3.8) is 0 Å². The fourth-order valence-corrected chi connectivity index (χ4v) is 6.70. The molecule has 0 heterocycles. The minimum atomic E-state index is -1.90. The van der Waals surface area contributed by atoms with Gasteiger partial charge >= 0.3 is 17.9 Å². The molecule has 0 unspecified atom stereocenters. The summed E-state index contributed by atoms with van der Waals surface area (Å²) >= 11 is 0. The lowest BCUT2D eigenvalue weighted by Gasteiger charge is -2.28. The summed E-state index contributed by atoms with van der Waals surface area (Å²) in [5, 5.41) is 63.2. The van der Waals surface area contributed by atoms with E-state index < -0.39 is 108 Å². The summed E-state index contributed by atoms with van der Waals surface area (Å²) in [5.41, 5.74) is 28.0. The molecule has 0 bridgehead atoms. The van der Waals surface area contributed by atoms with Crippen LogP contribution in [-0.4, -0.2) is 146 Å². The lowest BCUT2D eigenvalue weighted by atomic mass is 10.0. The van der Waals surface area contributed by atoms with Crippen molar-refractivity contribution in [2.24, 2.45) is 44.6 Å². The van der Waals surface area contributed by atoms with Gasteiger partial charge in [0.15, 0.2) is 11.9 Å². The van der Waals surface area contributed by atoms with E-state index in [4.69, 9.17) is 33.8 Å². The quantitative estimate of drug-likeness (QED) is 0.0196. The summed E-state index contributed by atoms with van der Waals surface area (Å²) in [6.45, 7) is 3.42. The second-order valence-electron chi connectivity index (χ2n) is 16.8. The molecule has 27 heteroatoms. The molecule has 0 aliphatic rings. The number of carboxylic acids is 3. The van der Waals surface area contributed by atoms with Crippen LogP contribution in [0.1, 0.15) is 69.9 Å². The Bertz CT molecular complexity index is 2220. The predicted octanol–water partition coefficient (Wildman–Crippen LogP) is -3.69. The Labute approximate surface area is 407 Å². The van der Waals surface area contributed by atoms with Crippen LogP contribution < -0.4 is 60.6 Å². The maximum atomic E-state index is 14.4. The molecule has 0 saturated carbocycles. The Balaban J connectivity index is 2.58. The fourth-order valence-electron chi connectivity index (χ4n) is 6.70. The minimum Gasteiger partial charge on any atom is -0.508 e. The first-order valence-corrected chi connectivity index (χ1v) is 22.3. The molecule has 0 radical (unpaired) electrons. The molecule has 0 saturated heterocycles. The number of aromatic hydroxyl groups is 2. The van der Waals surface area contributed by atoms with Gasteiger partial charge in [0.25, 0.3) is 0 Å². The van der Waals surface area contributed by atoms with E-state index in [1.807, 2.05) is 0 Å². The zero-order valence-corrected chi connectivity index (χ0v) is 39.2. The van der Waals surface area contributed by atoms with Crippen LogP contribution in [0.4, 0.5) is 0 Å². The highest BCUT2D eigenvalue weighted by atomic mass is 16.4. The summed E-state index contributed by atoms with van der Waals surface area (Å²) in [6.07, 6.45) is -2.57. The highest BCUT2D eigenvalue weighted by Crippen LogP contribution is 2.15. The van der Waals surface area contributed by atoms with Gasteiger partial charge in [0.1, 0.15) is 47.8 Å². The van der Waals surface area contributed by atoms with Crippen LogP contribution in [0.15, 0.2) is 58.5 Å². The van der Waals surface area contributed by atoms with Gasteiger partial charge in [-0.25, -0.2) is 4.79 Å². The summed E-state index contributed by atoms with van der Waals surface area (Å²) in [7, 11) is 0. The minimum absolute atomic E-state index is 0.00747. The second kappa shape index (κ2) is 29.6. The Morgan fingerprint density at radius 1 is 0.493 bits per heavy atom. The number of amides is 6. The SMILES string of the molecule is CC(C)C[C@H](NC(=O)[C@@H](N)CC(=O)O)C(=O)N[C@@H](CC(=O)O)C(=O)N[C@@H](Cc1ccc(O)cc1)C(=O)N[C@@H](Cc1ccc(O)cc1)C(=O)N[C@@H](CCCN=C(N)N)C(=O)N[C@@H](CCCN=C(N)N)C(=O)O. The number of carbonyl (C=O) groups is 9. The summed E-state index contributed by atoms with van der Waals surface area (Å²) in [5.74, 6) is -11.7. The van der Waals surface area contributed by atoms with Gasteiger partial charge in [-0.15, -0.1) is 0 Å². The number of phenols is 2. The van der Waals surface area contributed by atoms with Gasteiger partial charge < -0.3 is 86.1 Å². The van der Waals surface area contributed by atoms with E-state index in [-0.39, 0.29) is 87.4 Å². The molecule has 0 aromatic heterocycles. The van der Waals surface area contributed by atoms with Gasteiger partial charge in [0, 0.05) is 25.9 Å². The van der Waals surface area contributed by atoms with Gasteiger partial charge in [-0.05, 0) is 73.4 Å². The number of carbonyl (C=O) groups excluding carboxylic acids is 6. The number of nitrogens with one attached hydrogen (secondary N) is 6. The average Bonchev–Trinajstić information content (AvgIpc) is 3.27. The maximum Gasteiger partial charge on any atom is 0.326 e. The van der Waals surface area contributed by atoms with Gasteiger partial charge in [-0.1, -0.05) is 38.1 Å². The van der Waals surface area contributed by atoms with Crippen LogP contribution in [0, 0.1) is 5.92 Å². The number of nitrogens with two attached hydrogens (primary N) is 5. The van der Waals surface area contributed by atoms with Crippen molar-refractivity contribution in [3.05, 3.63) is 59.7 Å². The Hall–Kier alpha value is -8.23. The van der Waals surface area contributed by atoms with Gasteiger partial charge in [-0.3, -0.25) is 48.3 Å². The lowest BCUT2D eigenvalue weighted by Crippen LogP contribution is -2.60. The van der Waals surface area contributed by atoms with Gasteiger partial charge in [0.2, 0.25) is 35.4 Å². The predicted molar refractivity (Wildman–Crippen MR) is 255 cm³/mol. The number of carboxylic acid groups (broad SMARTS) is 3. The van der Waals surface area contributed by atoms with Crippen LogP contribution in [0.25, 0.3) is 0 Å². The molecule has 27 nitrogen and oxygen atoms in total. The normalized spacial score (nSPS) is 13.8. The number of phenolic OH excluding ortho intramolecular Hbond substituents is 2. The van der Waals surface area contributed by atoms with Crippen LogP contribution in [0.3, 0.4) is 0 Å². The van der Waals surface area contributed by atoms with Gasteiger partial charge in [0.05, 0.1) is 18.9 Å². The van der Waals surface area contributed by atoms with E-state index in [1.165, 1.54) is 48.5 Å². The molecule has 0 fully saturated rings. The zero-order valence-electron chi connectivity index (χ0n) is 39.2. The zero-order chi connectivity index (χ0) is 53.4. The number of aliphatic carboxylic acids is 3. The molecular formula is C44H65N13O14. The monoisotopic (exact) mass is 999 g/mol. The molecule has 21 N–H and O–H groups in total. The number of nitrogens with zero attached hydrogens (tertiary/aromatic N) is 2. The van der Waals surface area contributed by atoms with Crippen molar-refractivity contribution in [1.29, 1.82) is 0 Å². The highest BCUT2D eigenvalue weighted by Gasteiger charge is 2.35. The standard InChI is InChI=1S/C44H65N13O14/c1-22(2)17-30(54-36(64)27(45)20-34(60)61)38(66)57-33(21-35(62)63)41(69)56-32(19-24-9-13-26(59)14-10-24)40(68)55-31(18-23-7-11-25(58)12-8-23)39(67)52-28(5-3-15-50-43(46)47)37(65)53-29(42(70)71)6-4-16-51-44(48)49/h7-14,22,27-33,58-59H,3-6,15-21,45H2,1-2H3,(H,52,67)(H,53,65)(H,54,64)(H,55,68)(H,56,69)(H,57,66)(H,60,61)(H,62,63)(H,70,71)(H4,46,47,50)(H4,48,49,51)/t27-,28-,29-,30-,31-,32-,33-/m0/s1.